The minimum Gasteiger partial charge on any atom is -0.462 e. The molecule has 0 amide bonds. The number of unbranched alkanes of at least 4 members (excludes halogenated alkanes) is 4. The Kier molecular flexibility index (Phi) is 20.9. The monoisotopic (exact) mass is 436 g/mol. The molecule has 2 N–H and O–H groups in total. The Morgan fingerprint density at radius 2 is 1.32 bits per heavy atom. The molecule has 6 nitrogen and oxygen atoms in total. The molecule has 0 aromatic heterocycles. The summed E-state index contributed by atoms with van der Waals surface area (Å²) >= 11 is 0. The van der Waals surface area contributed by atoms with Gasteiger partial charge in [-0.25, -0.2) is 0 Å². The van der Waals surface area contributed by atoms with Crippen molar-refractivity contribution in [3.63, 3.8) is 0 Å². The van der Waals surface area contributed by atoms with Crippen LogP contribution in [0.5, 0.6) is 0 Å². The fourth-order valence-electron chi connectivity index (χ4n) is 2.54. The van der Waals surface area contributed by atoms with E-state index in [-0.39, 0.29) is 19.6 Å². The highest BCUT2D eigenvalue weighted by molar-refractivity contribution is 5.69. The number of rotatable bonds is 19. The first kappa shape index (κ1) is 28.8. The average Bonchev–Trinajstić information content (AvgIpc) is 2.75. The lowest BCUT2D eigenvalue weighted by Gasteiger charge is -2.14. The summed E-state index contributed by atoms with van der Waals surface area (Å²) in [7, 11) is 0. The van der Waals surface area contributed by atoms with Gasteiger partial charge in [-0.3, -0.25) is 9.59 Å². The molecule has 0 heterocycles. The van der Waals surface area contributed by atoms with E-state index in [0.717, 1.165) is 51.4 Å². The fraction of sp³-hybridized carbons (Fsp3) is 0.600. The van der Waals surface area contributed by atoms with Gasteiger partial charge in [-0.2, -0.15) is 0 Å². The van der Waals surface area contributed by atoms with Gasteiger partial charge in [-0.05, 0) is 51.4 Å². The van der Waals surface area contributed by atoms with E-state index in [1.165, 1.54) is 6.92 Å². The van der Waals surface area contributed by atoms with Crippen LogP contribution < -0.4 is 0 Å². The van der Waals surface area contributed by atoms with Gasteiger partial charge < -0.3 is 19.7 Å². The summed E-state index contributed by atoms with van der Waals surface area (Å²) in [6, 6.07) is 0. The smallest absolute Gasteiger partial charge is 0.306 e. The molecular formula is C25H40O6. The first-order chi connectivity index (χ1) is 15.1. The van der Waals surface area contributed by atoms with Crippen LogP contribution in [0.1, 0.15) is 71.1 Å². The van der Waals surface area contributed by atoms with Gasteiger partial charge in [0.1, 0.15) is 6.61 Å². The summed E-state index contributed by atoms with van der Waals surface area (Å²) in [5, 5.41) is 17.8. The molecule has 0 radical (unpaired) electrons. The summed E-state index contributed by atoms with van der Waals surface area (Å²) in [6.07, 6.45) is 24.9. The second-order valence-electron chi connectivity index (χ2n) is 7.15. The highest BCUT2D eigenvalue weighted by atomic mass is 16.6. The van der Waals surface area contributed by atoms with E-state index in [1.54, 1.807) is 0 Å². The molecular weight excluding hydrogens is 396 g/mol. The molecule has 0 aromatic rings. The Balaban J connectivity index is 3.64. The molecule has 0 spiro atoms. The highest BCUT2D eigenvalue weighted by Gasteiger charge is 2.14. The van der Waals surface area contributed by atoms with Crippen LogP contribution >= 0.6 is 0 Å². The molecule has 0 bridgehead atoms. The molecule has 0 unspecified atom stereocenters. The summed E-state index contributed by atoms with van der Waals surface area (Å²) in [5.41, 5.74) is 0. The lowest BCUT2D eigenvalue weighted by Crippen LogP contribution is -2.28. The van der Waals surface area contributed by atoms with Crippen LogP contribution in [0.15, 0.2) is 48.6 Å². The van der Waals surface area contributed by atoms with E-state index >= 15 is 0 Å². The zero-order valence-corrected chi connectivity index (χ0v) is 18.9. The Morgan fingerprint density at radius 3 is 1.84 bits per heavy atom. The largest absolute Gasteiger partial charge is 0.462 e. The predicted octanol–water partition coefficient (Wildman–Crippen LogP) is 4.57. The highest BCUT2D eigenvalue weighted by Crippen LogP contribution is 2.04. The topological polar surface area (TPSA) is 93.1 Å². The van der Waals surface area contributed by atoms with Crippen molar-refractivity contribution >= 4 is 11.9 Å². The number of aliphatic hydroxyl groups excluding tert-OH is 2. The van der Waals surface area contributed by atoms with Crippen molar-refractivity contribution in [1.82, 2.24) is 0 Å². The maximum absolute atomic E-state index is 11.7. The van der Waals surface area contributed by atoms with Crippen LogP contribution in [0.3, 0.4) is 0 Å². The molecule has 0 aliphatic carbocycles. The van der Waals surface area contributed by atoms with Gasteiger partial charge >= 0.3 is 11.9 Å². The Labute approximate surface area is 187 Å². The first-order valence-electron chi connectivity index (χ1n) is 11.2. The standard InChI is InChI=1S/C25H40O6/c1-23(28)30-22-24(21-27)31-25(29)19-17-15-13-11-9-7-5-3-2-4-6-8-10-12-14-16-18-20-26/h2,4-5,7-8,10-11,13,24,26-27H,3,6,9,12,14-22H2,1H3/b4-2-,7-5-,10-8-,13-11-/t24-/m0/s1. The third-order valence-electron chi connectivity index (χ3n) is 4.24. The molecule has 0 rings (SSSR count). The second-order valence-corrected chi connectivity index (χ2v) is 7.15. The molecule has 176 valence electrons. The fourth-order valence-corrected chi connectivity index (χ4v) is 2.54. The van der Waals surface area contributed by atoms with Gasteiger partial charge in [0.05, 0.1) is 6.61 Å². The molecule has 0 aliphatic heterocycles. The molecule has 0 aromatic carbocycles. The minimum atomic E-state index is -0.801. The van der Waals surface area contributed by atoms with Gasteiger partial charge in [-0.15, -0.1) is 0 Å². The number of carbonyl (C=O) groups is 2. The van der Waals surface area contributed by atoms with E-state index in [2.05, 4.69) is 42.5 Å². The number of hydrogen-bond acceptors (Lipinski definition) is 6. The van der Waals surface area contributed by atoms with E-state index in [0.29, 0.717) is 13.0 Å². The zero-order chi connectivity index (χ0) is 23.0. The Morgan fingerprint density at radius 1 is 0.774 bits per heavy atom. The maximum atomic E-state index is 11.7. The molecule has 0 aliphatic rings. The minimum absolute atomic E-state index is 0.123. The number of esters is 2. The molecule has 0 saturated heterocycles. The van der Waals surface area contributed by atoms with Gasteiger partial charge in [0.25, 0.3) is 0 Å². The normalized spacial score (nSPS) is 13.0. The second kappa shape index (κ2) is 22.5. The Hall–Kier alpha value is -2.18. The predicted molar refractivity (Wildman–Crippen MR) is 123 cm³/mol. The van der Waals surface area contributed by atoms with Crippen molar-refractivity contribution in [3.05, 3.63) is 48.6 Å². The SMILES string of the molecule is CC(=O)OC[C@H](CO)OC(=O)CCC/C=C\C/C=C\C/C=C\C/C=C\CCCCCO. The quantitative estimate of drug-likeness (QED) is 0.175. The summed E-state index contributed by atoms with van der Waals surface area (Å²) in [5.74, 6) is -0.873. The summed E-state index contributed by atoms with van der Waals surface area (Å²) < 4.78 is 9.79. The van der Waals surface area contributed by atoms with Gasteiger partial charge in [0.15, 0.2) is 6.10 Å². The maximum Gasteiger partial charge on any atom is 0.306 e. The van der Waals surface area contributed by atoms with Crippen LogP contribution in [0.2, 0.25) is 0 Å². The van der Waals surface area contributed by atoms with E-state index in [4.69, 9.17) is 19.7 Å². The van der Waals surface area contributed by atoms with Gasteiger partial charge in [-0.1, -0.05) is 55.0 Å². The molecule has 0 saturated carbocycles. The van der Waals surface area contributed by atoms with E-state index in [1.807, 2.05) is 6.08 Å². The van der Waals surface area contributed by atoms with Crippen molar-refractivity contribution < 1.29 is 29.3 Å². The van der Waals surface area contributed by atoms with Crippen LogP contribution in [-0.4, -0.2) is 48.1 Å². The van der Waals surface area contributed by atoms with Crippen LogP contribution in [0.25, 0.3) is 0 Å². The van der Waals surface area contributed by atoms with Crippen molar-refractivity contribution in [2.45, 2.75) is 77.2 Å². The van der Waals surface area contributed by atoms with Crippen LogP contribution in [-0.2, 0) is 19.1 Å². The van der Waals surface area contributed by atoms with Gasteiger partial charge in [0.2, 0.25) is 0 Å². The molecule has 6 heteroatoms. The van der Waals surface area contributed by atoms with Crippen molar-refractivity contribution in [2.24, 2.45) is 0 Å². The lowest BCUT2D eigenvalue weighted by molar-refractivity contribution is -0.160. The number of allylic oxidation sites excluding steroid dienone is 8. The number of carbonyl (C=O) groups excluding carboxylic acids is 2. The first-order valence-corrected chi connectivity index (χ1v) is 11.2. The third-order valence-corrected chi connectivity index (χ3v) is 4.24. The van der Waals surface area contributed by atoms with Crippen molar-refractivity contribution in [1.29, 1.82) is 0 Å². The Bertz CT molecular complexity index is 562. The van der Waals surface area contributed by atoms with E-state index in [9.17, 15) is 9.59 Å². The number of hydrogen-bond donors (Lipinski definition) is 2. The van der Waals surface area contributed by atoms with Crippen molar-refractivity contribution in [2.75, 3.05) is 19.8 Å². The lowest BCUT2D eigenvalue weighted by atomic mass is 10.2. The van der Waals surface area contributed by atoms with Crippen molar-refractivity contribution in [3.8, 4) is 0 Å². The number of ether oxygens (including phenoxy) is 2. The number of aliphatic hydroxyl groups is 2. The van der Waals surface area contributed by atoms with Gasteiger partial charge in [0, 0.05) is 20.0 Å². The average molecular weight is 437 g/mol. The molecule has 0 fully saturated rings. The zero-order valence-electron chi connectivity index (χ0n) is 18.9. The third kappa shape index (κ3) is 22.3. The summed E-state index contributed by atoms with van der Waals surface area (Å²) in [4.78, 5) is 22.4. The van der Waals surface area contributed by atoms with E-state index < -0.39 is 18.0 Å². The summed E-state index contributed by atoms with van der Waals surface area (Å²) in [6.45, 7) is 1.06. The molecule has 31 heavy (non-hydrogen) atoms. The van der Waals surface area contributed by atoms with Crippen LogP contribution in [0, 0.1) is 0 Å². The van der Waals surface area contributed by atoms with Crippen LogP contribution in [0.4, 0.5) is 0 Å². The molecule has 1 atom stereocenters.